The molecule has 2 N–H and O–H groups in total. The summed E-state index contributed by atoms with van der Waals surface area (Å²) in [5.41, 5.74) is 6.32. The fourth-order valence-electron chi connectivity index (χ4n) is 1.93. The molecule has 2 nitrogen and oxygen atoms in total. The molecule has 1 fully saturated rings. The van der Waals surface area contributed by atoms with Crippen molar-refractivity contribution in [2.24, 2.45) is 11.1 Å². The molecule has 14 heavy (non-hydrogen) atoms. The van der Waals surface area contributed by atoms with Crippen LogP contribution in [0.3, 0.4) is 0 Å². The zero-order chi connectivity index (χ0) is 10.5. The molecular weight excluding hydrogens is 192 g/mol. The van der Waals surface area contributed by atoms with Gasteiger partial charge >= 0.3 is 0 Å². The number of rotatable bonds is 2. The van der Waals surface area contributed by atoms with Crippen LogP contribution in [0.5, 0.6) is 0 Å². The van der Waals surface area contributed by atoms with Crippen molar-refractivity contribution in [2.75, 3.05) is 0 Å². The van der Waals surface area contributed by atoms with Gasteiger partial charge in [0.05, 0.1) is 5.01 Å². The number of hydrogen-bond acceptors (Lipinski definition) is 3. The van der Waals surface area contributed by atoms with Gasteiger partial charge in [-0.15, -0.1) is 11.3 Å². The second-order valence-electron chi connectivity index (χ2n) is 5.08. The molecule has 0 aliphatic heterocycles. The van der Waals surface area contributed by atoms with Crippen LogP contribution in [-0.2, 0) is 0 Å². The van der Waals surface area contributed by atoms with Crippen molar-refractivity contribution in [3.8, 4) is 0 Å². The van der Waals surface area contributed by atoms with Gasteiger partial charge in [-0.1, -0.05) is 27.7 Å². The molecule has 1 aliphatic rings. The lowest BCUT2D eigenvalue weighted by Gasteiger charge is -1.98. The predicted molar refractivity (Wildman–Crippen MR) is 60.7 cm³/mol. The Kier molecular flexibility index (Phi) is 2.20. The molecule has 2 rings (SSSR count). The van der Waals surface area contributed by atoms with Crippen molar-refractivity contribution in [3.05, 3.63) is 16.1 Å². The predicted octanol–water partition coefficient (Wildman–Crippen LogP) is 2.72. The molecule has 3 heteroatoms. The highest BCUT2D eigenvalue weighted by Gasteiger charge is 2.57. The largest absolute Gasteiger partial charge is 0.327 e. The number of nitrogens with zero attached hydrogens (tertiary/aromatic N) is 1. The lowest BCUT2D eigenvalue weighted by molar-refractivity contribution is 0.601. The summed E-state index contributed by atoms with van der Waals surface area (Å²) < 4.78 is 0. The quantitative estimate of drug-likeness (QED) is 0.815. The molecule has 0 saturated heterocycles. The first-order chi connectivity index (χ1) is 6.44. The van der Waals surface area contributed by atoms with Crippen LogP contribution in [0.15, 0.2) is 6.20 Å². The van der Waals surface area contributed by atoms with Crippen LogP contribution < -0.4 is 5.73 Å². The van der Waals surface area contributed by atoms with Crippen molar-refractivity contribution in [3.63, 3.8) is 0 Å². The average Bonchev–Trinajstić information content (AvgIpc) is 2.55. The summed E-state index contributed by atoms with van der Waals surface area (Å²) in [5, 5.41) is 1.23. The van der Waals surface area contributed by atoms with Crippen molar-refractivity contribution in [2.45, 2.75) is 45.6 Å². The maximum atomic E-state index is 6.04. The summed E-state index contributed by atoms with van der Waals surface area (Å²) >= 11 is 1.83. The van der Waals surface area contributed by atoms with Gasteiger partial charge in [0.2, 0.25) is 0 Å². The first-order valence-corrected chi connectivity index (χ1v) is 5.97. The van der Waals surface area contributed by atoms with E-state index in [-0.39, 0.29) is 5.41 Å². The Morgan fingerprint density at radius 3 is 2.43 bits per heavy atom. The van der Waals surface area contributed by atoms with E-state index in [1.54, 1.807) is 0 Å². The first-order valence-electron chi connectivity index (χ1n) is 5.15. The van der Waals surface area contributed by atoms with Crippen LogP contribution in [0.25, 0.3) is 0 Å². The van der Waals surface area contributed by atoms with Gasteiger partial charge in [0.25, 0.3) is 0 Å². The molecule has 1 aromatic heterocycles. The lowest BCUT2D eigenvalue weighted by atomic mass is 10.1. The van der Waals surface area contributed by atoms with Crippen molar-refractivity contribution in [1.82, 2.24) is 4.98 Å². The van der Waals surface area contributed by atoms with Crippen LogP contribution in [0.4, 0.5) is 0 Å². The summed E-state index contributed by atoms with van der Waals surface area (Å²) in [4.78, 5) is 5.81. The topological polar surface area (TPSA) is 38.9 Å². The summed E-state index contributed by atoms with van der Waals surface area (Å²) in [6.07, 6.45) is 2.01. The van der Waals surface area contributed by atoms with Crippen LogP contribution in [-0.4, -0.2) is 11.0 Å². The summed E-state index contributed by atoms with van der Waals surface area (Å²) in [5.74, 6) is 1.07. The molecule has 0 bridgehead atoms. The smallest absolute Gasteiger partial charge is 0.0953 e. The number of thiazole rings is 1. The Morgan fingerprint density at radius 1 is 1.50 bits per heavy atom. The molecule has 0 spiro atoms. The Morgan fingerprint density at radius 2 is 2.07 bits per heavy atom. The van der Waals surface area contributed by atoms with Crippen LogP contribution in [0.2, 0.25) is 0 Å². The Balaban J connectivity index is 2.20. The minimum Gasteiger partial charge on any atom is -0.327 e. The van der Waals surface area contributed by atoms with E-state index in [0.29, 0.717) is 17.9 Å². The molecule has 1 saturated carbocycles. The van der Waals surface area contributed by atoms with E-state index in [9.17, 15) is 0 Å². The zero-order valence-electron chi connectivity index (χ0n) is 9.24. The third-order valence-electron chi connectivity index (χ3n) is 3.25. The van der Waals surface area contributed by atoms with E-state index in [1.807, 2.05) is 17.5 Å². The Bertz CT molecular complexity index is 341. The lowest BCUT2D eigenvalue weighted by Crippen LogP contribution is -2.06. The number of aromatic nitrogens is 1. The number of hydrogen-bond donors (Lipinski definition) is 1. The molecule has 1 heterocycles. The van der Waals surface area contributed by atoms with Gasteiger partial charge < -0.3 is 5.73 Å². The minimum absolute atomic E-state index is 0.279. The van der Waals surface area contributed by atoms with Crippen molar-refractivity contribution in [1.29, 1.82) is 0 Å². The van der Waals surface area contributed by atoms with E-state index in [1.165, 1.54) is 9.88 Å². The third kappa shape index (κ3) is 1.39. The first kappa shape index (κ1) is 10.1. The highest BCUT2D eigenvalue weighted by Crippen LogP contribution is 2.58. The molecule has 1 aromatic rings. The summed E-state index contributed by atoms with van der Waals surface area (Å²) in [6, 6.07) is 0.322. The van der Waals surface area contributed by atoms with Gasteiger partial charge in [-0.3, -0.25) is 0 Å². The van der Waals surface area contributed by atoms with Gasteiger partial charge in [-0.25, -0.2) is 4.98 Å². The maximum absolute atomic E-state index is 6.04. The van der Waals surface area contributed by atoms with Crippen LogP contribution >= 0.6 is 11.3 Å². The molecule has 0 amide bonds. The standard InChI is InChI=1S/C11H18N2S/c1-6(2)10-13-5-7(14-10)8-9(12)11(8,3)4/h5-6,8-9H,12H2,1-4H3/t8-,9-/m0/s1. The van der Waals surface area contributed by atoms with Crippen LogP contribution in [0, 0.1) is 5.41 Å². The van der Waals surface area contributed by atoms with Crippen molar-refractivity contribution < 1.29 is 0 Å². The molecular formula is C11H18N2S. The molecule has 1 aliphatic carbocycles. The SMILES string of the molecule is CC(C)c1ncc([C@H]2[C@H](N)C2(C)C)s1. The van der Waals surface area contributed by atoms with E-state index in [4.69, 9.17) is 5.73 Å². The molecule has 2 atom stereocenters. The second kappa shape index (κ2) is 3.04. The highest BCUT2D eigenvalue weighted by molar-refractivity contribution is 7.11. The van der Waals surface area contributed by atoms with E-state index >= 15 is 0 Å². The number of nitrogens with two attached hydrogens (primary N) is 1. The Hall–Kier alpha value is -0.410. The van der Waals surface area contributed by atoms with E-state index in [0.717, 1.165) is 0 Å². The van der Waals surface area contributed by atoms with Gasteiger partial charge in [0, 0.05) is 29.0 Å². The van der Waals surface area contributed by atoms with Crippen molar-refractivity contribution >= 4 is 11.3 Å². The molecule has 0 aromatic carbocycles. The fourth-order valence-corrected chi connectivity index (χ4v) is 3.20. The Labute approximate surface area is 89.5 Å². The van der Waals surface area contributed by atoms with Gasteiger partial charge in [-0.2, -0.15) is 0 Å². The average molecular weight is 210 g/mol. The van der Waals surface area contributed by atoms with Gasteiger partial charge in [0.1, 0.15) is 0 Å². The van der Waals surface area contributed by atoms with Crippen LogP contribution in [0.1, 0.15) is 49.4 Å². The van der Waals surface area contributed by atoms with Gasteiger partial charge in [-0.05, 0) is 5.41 Å². The minimum atomic E-state index is 0.279. The fraction of sp³-hybridized carbons (Fsp3) is 0.727. The highest BCUT2D eigenvalue weighted by atomic mass is 32.1. The normalized spacial score (nSPS) is 29.6. The monoisotopic (exact) mass is 210 g/mol. The molecule has 78 valence electrons. The van der Waals surface area contributed by atoms with E-state index in [2.05, 4.69) is 32.7 Å². The molecule has 0 unspecified atom stereocenters. The summed E-state index contributed by atoms with van der Waals surface area (Å²) in [7, 11) is 0. The second-order valence-corrected chi connectivity index (χ2v) is 6.17. The maximum Gasteiger partial charge on any atom is 0.0953 e. The molecule has 0 radical (unpaired) electrons. The van der Waals surface area contributed by atoms with E-state index < -0.39 is 0 Å². The van der Waals surface area contributed by atoms with Gasteiger partial charge in [0.15, 0.2) is 0 Å². The zero-order valence-corrected chi connectivity index (χ0v) is 10.1. The summed E-state index contributed by atoms with van der Waals surface area (Å²) in [6.45, 7) is 8.83. The third-order valence-corrected chi connectivity index (χ3v) is 4.63.